The Morgan fingerprint density at radius 2 is 1.93 bits per heavy atom. The standard InChI is InChI=1S/C11H19BFSi/c1-9-5-6-10(13)7-11(9)12-8-14(2,3)4/h5-7H,8,12H2,1-4H3/q-1. The van der Waals surface area contributed by atoms with Crippen molar-refractivity contribution in [1.29, 1.82) is 0 Å². The smallest absolute Gasteiger partial charge is 0.120 e. The molecule has 1 aromatic carbocycles. The fourth-order valence-electron chi connectivity index (χ4n) is 1.81. The highest BCUT2D eigenvalue weighted by Crippen LogP contribution is 2.07. The van der Waals surface area contributed by atoms with E-state index in [0.29, 0.717) is 0 Å². The molecular formula is C11H19BFSi-. The molecule has 1 rings (SSSR count). The van der Waals surface area contributed by atoms with Gasteiger partial charge >= 0.3 is 0 Å². The molecule has 0 saturated heterocycles. The van der Waals surface area contributed by atoms with E-state index >= 15 is 0 Å². The second-order valence-corrected chi connectivity index (χ2v) is 11.3. The highest BCUT2D eigenvalue weighted by molar-refractivity contribution is 6.85. The van der Waals surface area contributed by atoms with E-state index in [1.807, 2.05) is 6.07 Å². The molecule has 3 heteroatoms. The Hall–Kier alpha value is -0.568. The van der Waals surface area contributed by atoms with Crippen LogP contribution >= 0.6 is 0 Å². The largest absolute Gasteiger partial charge is 0.212 e. The first-order chi connectivity index (χ1) is 6.38. The summed E-state index contributed by atoms with van der Waals surface area (Å²) in [7, 11) is -1.06. The number of hydrogen-bond acceptors (Lipinski definition) is 0. The molecule has 0 heterocycles. The van der Waals surface area contributed by atoms with Crippen molar-refractivity contribution in [1.82, 2.24) is 0 Å². The van der Waals surface area contributed by atoms with E-state index in [0.717, 1.165) is 0 Å². The molecule has 0 nitrogen and oxygen atoms in total. The van der Waals surface area contributed by atoms with Crippen LogP contribution in [0.25, 0.3) is 0 Å². The summed E-state index contributed by atoms with van der Waals surface area (Å²) < 4.78 is 13.0. The number of hydrogen-bond donors (Lipinski definition) is 0. The molecular weight excluding hydrogens is 190 g/mol. The van der Waals surface area contributed by atoms with Gasteiger partial charge in [0.1, 0.15) is 5.82 Å². The number of halogens is 1. The van der Waals surface area contributed by atoms with Crippen LogP contribution in [0, 0.1) is 12.7 Å². The zero-order valence-corrected chi connectivity index (χ0v) is 10.8. The Morgan fingerprint density at radius 1 is 1.29 bits per heavy atom. The average molecular weight is 209 g/mol. The fraction of sp³-hybridized carbons (Fsp3) is 0.455. The predicted octanol–water partition coefficient (Wildman–Crippen LogP) is 2.22. The van der Waals surface area contributed by atoms with Crippen molar-refractivity contribution in [3.8, 4) is 0 Å². The van der Waals surface area contributed by atoms with Crippen molar-refractivity contribution in [3.05, 3.63) is 29.6 Å². The first-order valence-electron chi connectivity index (χ1n) is 5.49. The van der Waals surface area contributed by atoms with Crippen LogP contribution in [0.15, 0.2) is 18.2 Å². The second-order valence-electron chi connectivity index (χ2n) is 5.50. The highest BCUT2D eigenvalue weighted by Gasteiger charge is 2.08. The van der Waals surface area contributed by atoms with Gasteiger partial charge in [0.05, 0.1) is 0 Å². The summed E-state index contributed by atoms with van der Waals surface area (Å²) in [6.07, 6.45) is 0. The molecule has 14 heavy (non-hydrogen) atoms. The molecule has 0 bridgehead atoms. The Labute approximate surface area is 87.8 Å². The van der Waals surface area contributed by atoms with E-state index in [2.05, 4.69) is 26.6 Å². The van der Waals surface area contributed by atoms with E-state index in [1.54, 1.807) is 12.1 Å². The van der Waals surface area contributed by atoms with Gasteiger partial charge in [-0.15, -0.1) is 0 Å². The molecule has 0 spiro atoms. The molecule has 0 aromatic heterocycles. The Bertz CT molecular complexity index is 318. The van der Waals surface area contributed by atoms with Gasteiger partial charge in [0.25, 0.3) is 0 Å². The van der Waals surface area contributed by atoms with Crippen molar-refractivity contribution in [2.75, 3.05) is 0 Å². The fourth-order valence-corrected chi connectivity index (χ4v) is 3.25. The SMILES string of the molecule is Cc1ccc(F)cc1[BH2-]C[Si](C)(C)C. The minimum atomic E-state index is -0.947. The molecule has 0 aliphatic carbocycles. The zero-order chi connectivity index (χ0) is 10.8. The molecule has 0 aliphatic heterocycles. The van der Waals surface area contributed by atoms with Crippen molar-refractivity contribution in [2.24, 2.45) is 0 Å². The number of benzene rings is 1. The van der Waals surface area contributed by atoms with Crippen LogP contribution in [0.5, 0.6) is 0 Å². The van der Waals surface area contributed by atoms with Gasteiger partial charge in [-0.25, -0.2) is 9.85 Å². The van der Waals surface area contributed by atoms with Crippen molar-refractivity contribution < 1.29 is 4.39 Å². The predicted molar refractivity (Wildman–Crippen MR) is 67.5 cm³/mol. The lowest BCUT2D eigenvalue weighted by Crippen LogP contribution is -2.29. The van der Waals surface area contributed by atoms with Gasteiger partial charge in [0.2, 0.25) is 0 Å². The topological polar surface area (TPSA) is 0 Å². The lowest BCUT2D eigenvalue weighted by atomic mass is 9.70. The van der Waals surface area contributed by atoms with Crippen LogP contribution in [0.1, 0.15) is 5.56 Å². The molecule has 0 radical (unpaired) electrons. The summed E-state index contributed by atoms with van der Waals surface area (Å²) in [6.45, 7) is 9.23. The summed E-state index contributed by atoms with van der Waals surface area (Å²) >= 11 is 0. The van der Waals surface area contributed by atoms with Crippen LogP contribution in [0.3, 0.4) is 0 Å². The molecule has 0 N–H and O–H groups in total. The lowest BCUT2D eigenvalue weighted by molar-refractivity contribution is 0.628. The van der Waals surface area contributed by atoms with E-state index in [9.17, 15) is 4.39 Å². The van der Waals surface area contributed by atoms with Gasteiger partial charge in [0, 0.05) is 8.07 Å². The third-order valence-electron chi connectivity index (χ3n) is 3.09. The monoisotopic (exact) mass is 209 g/mol. The van der Waals surface area contributed by atoms with Crippen molar-refractivity contribution in [2.45, 2.75) is 32.5 Å². The van der Waals surface area contributed by atoms with Gasteiger partial charge in [-0.2, -0.15) is 5.94 Å². The van der Waals surface area contributed by atoms with Crippen LogP contribution in [-0.2, 0) is 0 Å². The van der Waals surface area contributed by atoms with E-state index in [1.165, 1.54) is 17.0 Å². The molecule has 78 valence electrons. The van der Waals surface area contributed by atoms with Gasteiger partial charge in [-0.1, -0.05) is 37.3 Å². The van der Waals surface area contributed by atoms with Crippen LogP contribution < -0.4 is 5.46 Å². The van der Waals surface area contributed by atoms with Crippen molar-refractivity contribution >= 4 is 20.8 Å². The first kappa shape index (κ1) is 11.5. The Kier molecular flexibility index (Phi) is 3.54. The highest BCUT2D eigenvalue weighted by atomic mass is 28.3. The molecule has 0 fully saturated rings. The summed E-state index contributed by atoms with van der Waals surface area (Å²) in [4.78, 5) is 0. The van der Waals surface area contributed by atoms with Gasteiger partial charge in [-0.05, 0) is 20.3 Å². The molecule has 1 aromatic rings. The van der Waals surface area contributed by atoms with E-state index in [4.69, 9.17) is 0 Å². The van der Waals surface area contributed by atoms with Gasteiger partial charge < -0.3 is 0 Å². The first-order valence-corrected chi connectivity index (χ1v) is 9.19. The molecule has 0 atom stereocenters. The molecule has 0 unspecified atom stereocenters. The van der Waals surface area contributed by atoms with Gasteiger partial charge in [-0.3, -0.25) is 0 Å². The maximum atomic E-state index is 13.0. The molecule has 0 amide bonds. The Balaban J connectivity index is 2.72. The number of rotatable bonds is 3. The Morgan fingerprint density at radius 3 is 2.50 bits per heavy atom. The maximum absolute atomic E-state index is 13.0. The second kappa shape index (κ2) is 4.30. The van der Waals surface area contributed by atoms with Crippen LogP contribution in [0.2, 0.25) is 25.6 Å². The van der Waals surface area contributed by atoms with E-state index in [-0.39, 0.29) is 13.1 Å². The quantitative estimate of drug-likeness (QED) is 0.669. The van der Waals surface area contributed by atoms with Crippen LogP contribution in [0.4, 0.5) is 4.39 Å². The normalized spacial score (nSPS) is 11.8. The van der Waals surface area contributed by atoms with Gasteiger partial charge in [0.15, 0.2) is 0 Å². The third-order valence-corrected chi connectivity index (χ3v) is 5.56. The lowest BCUT2D eigenvalue weighted by Gasteiger charge is -2.21. The zero-order valence-electron chi connectivity index (χ0n) is 9.82. The molecule has 0 aliphatic rings. The summed E-state index contributed by atoms with van der Waals surface area (Å²) in [5.74, 6) is 1.28. The summed E-state index contributed by atoms with van der Waals surface area (Å²) in [5, 5.41) is 0. The van der Waals surface area contributed by atoms with Crippen LogP contribution in [-0.4, -0.2) is 15.4 Å². The number of aryl methyl sites for hydroxylation is 1. The third kappa shape index (κ3) is 3.66. The van der Waals surface area contributed by atoms with Crippen molar-refractivity contribution in [3.63, 3.8) is 0 Å². The summed E-state index contributed by atoms with van der Waals surface area (Å²) in [5.41, 5.74) is 2.57. The minimum Gasteiger partial charge on any atom is -0.212 e. The van der Waals surface area contributed by atoms with E-state index < -0.39 is 8.07 Å². The molecule has 0 saturated carbocycles. The summed E-state index contributed by atoms with van der Waals surface area (Å²) in [6, 6.07) is 5.19. The average Bonchev–Trinajstić information content (AvgIpc) is 2.05. The maximum Gasteiger partial charge on any atom is 0.120 e. The minimum absolute atomic E-state index is 0.0788.